The molecule has 2 heterocycles. The molecule has 92 valence electrons. The first-order valence-corrected chi connectivity index (χ1v) is 6.61. The van der Waals surface area contributed by atoms with Crippen LogP contribution in [0.3, 0.4) is 0 Å². The first-order chi connectivity index (χ1) is 8.83. The number of hydrogen-bond donors (Lipinski definition) is 0. The summed E-state index contributed by atoms with van der Waals surface area (Å²) in [6.07, 6.45) is 4.56. The van der Waals surface area contributed by atoms with Crippen molar-refractivity contribution >= 4 is 5.69 Å². The molecule has 2 heteroatoms. The SMILES string of the molecule is Cc1ccc(-c2ccc(N3CCCC3)cc2)nc1. The van der Waals surface area contributed by atoms with E-state index in [1.165, 1.54) is 42.7 Å². The van der Waals surface area contributed by atoms with Crippen LogP contribution in [0.2, 0.25) is 0 Å². The summed E-state index contributed by atoms with van der Waals surface area (Å²) >= 11 is 0. The van der Waals surface area contributed by atoms with E-state index in [2.05, 4.69) is 53.2 Å². The highest BCUT2D eigenvalue weighted by molar-refractivity contribution is 5.63. The second-order valence-corrected chi connectivity index (χ2v) is 4.96. The third-order valence-corrected chi connectivity index (χ3v) is 3.55. The minimum Gasteiger partial charge on any atom is -0.372 e. The summed E-state index contributed by atoms with van der Waals surface area (Å²) in [5.41, 5.74) is 4.78. The monoisotopic (exact) mass is 238 g/mol. The molecule has 2 aromatic rings. The van der Waals surface area contributed by atoms with Crippen molar-refractivity contribution in [2.24, 2.45) is 0 Å². The summed E-state index contributed by atoms with van der Waals surface area (Å²) in [4.78, 5) is 6.91. The topological polar surface area (TPSA) is 16.1 Å². The molecule has 0 aliphatic carbocycles. The third-order valence-electron chi connectivity index (χ3n) is 3.55. The van der Waals surface area contributed by atoms with Gasteiger partial charge in [0.1, 0.15) is 0 Å². The molecule has 0 bridgehead atoms. The first-order valence-electron chi connectivity index (χ1n) is 6.61. The zero-order valence-corrected chi connectivity index (χ0v) is 10.8. The van der Waals surface area contributed by atoms with Gasteiger partial charge in [-0.3, -0.25) is 4.98 Å². The molecule has 1 aliphatic heterocycles. The van der Waals surface area contributed by atoms with Crippen LogP contribution in [-0.2, 0) is 0 Å². The molecule has 1 saturated heterocycles. The lowest BCUT2D eigenvalue weighted by molar-refractivity contribution is 0.949. The standard InChI is InChI=1S/C16H18N2/c1-13-4-9-16(17-12-13)14-5-7-15(8-6-14)18-10-2-3-11-18/h4-9,12H,2-3,10-11H2,1H3. The van der Waals surface area contributed by atoms with E-state index in [-0.39, 0.29) is 0 Å². The molecule has 0 radical (unpaired) electrons. The molecule has 3 rings (SSSR count). The number of nitrogens with zero attached hydrogens (tertiary/aromatic N) is 2. The normalized spacial score (nSPS) is 15.1. The zero-order valence-electron chi connectivity index (χ0n) is 10.8. The van der Waals surface area contributed by atoms with E-state index in [0.717, 1.165) is 5.69 Å². The summed E-state index contributed by atoms with van der Waals surface area (Å²) in [6, 6.07) is 13.0. The number of pyridine rings is 1. The van der Waals surface area contributed by atoms with Gasteiger partial charge >= 0.3 is 0 Å². The predicted molar refractivity (Wildman–Crippen MR) is 75.9 cm³/mol. The molecule has 18 heavy (non-hydrogen) atoms. The largest absolute Gasteiger partial charge is 0.372 e. The minimum atomic E-state index is 1.05. The second kappa shape index (κ2) is 4.81. The Morgan fingerprint density at radius 1 is 0.944 bits per heavy atom. The van der Waals surface area contributed by atoms with Crippen molar-refractivity contribution in [3.05, 3.63) is 48.2 Å². The van der Waals surface area contributed by atoms with Gasteiger partial charge in [-0.15, -0.1) is 0 Å². The van der Waals surface area contributed by atoms with Crippen molar-refractivity contribution in [3.8, 4) is 11.3 Å². The number of aromatic nitrogens is 1. The molecule has 1 aromatic carbocycles. The van der Waals surface area contributed by atoms with Gasteiger partial charge in [0.2, 0.25) is 0 Å². The van der Waals surface area contributed by atoms with Gasteiger partial charge in [0.05, 0.1) is 5.69 Å². The van der Waals surface area contributed by atoms with Crippen molar-refractivity contribution in [2.75, 3.05) is 18.0 Å². The zero-order chi connectivity index (χ0) is 12.4. The van der Waals surface area contributed by atoms with E-state index in [4.69, 9.17) is 0 Å². The van der Waals surface area contributed by atoms with Crippen LogP contribution in [0, 0.1) is 6.92 Å². The number of aryl methyl sites for hydroxylation is 1. The smallest absolute Gasteiger partial charge is 0.0702 e. The summed E-state index contributed by atoms with van der Waals surface area (Å²) < 4.78 is 0. The maximum absolute atomic E-state index is 4.46. The molecule has 0 N–H and O–H groups in total. The Bertz CT molecular complexity index is 508. The average Bonchev–Trinajstić information content (AvgIpc) is 2.94. The Morgan fingerprint density at radius 3 is 2.28 bits per heavy atom. The molecule has 0 spiro atoms. The summed E-state index contributed by atoms with van der Waals surface area (Å²) in [5.74, 6) is 0. The van der Waals surface area contributed by atoms with Crippen molar-refractivity contribution < 1.29 is 0 Å². The van der Waals surface area contributed by atoms with Crippen molar-refractivity contribution in [3.63, 3.8) is 0 Å². The highest BCUT2D eigenvalue weighted by Gasteiger charge is 2.11. The van der Waals surface area contributed by atoms with E-state index in [0.29, 0.717) is 0 Å². The highest BCUT2D eigenvalue weighted by Crippen LogP contribution is 2.24. The van der Waals surface area contributed by atoms with Gasteiger partial charge in [0.25, 0.3) is 0 Å². The van der Waals surface area contributed by atoms with Gasteiger partial charge in [0, 0.05) is 30.5 Å². The maximum atomic E-state index is 4.46. The van der Waals surface area contributed by atoms with Crippen molar-refractivity contribution in [1.82, 2.24) is 4.98 Å². The van der Waals surface area contributed by atoms with E-state index < -0.39 is 0 Å². The van der Waals surface area contributed by atoms with Crippen LogP contribution >= 0.6 is 0 Å². The fourth-order valence-corrected chi connectivity index (χ4v) is 2.46. The van der Waals surface area contributed by atoms with Gasteiger partial charge in [-0.25, -0.2) is 0 Å². The molecule has 1 aliphatic rings. The average molecular weight is 238 g/mol. The fourth-order valence-electron chi connectivity index (χ4n) is 2.46. The van der Waals surface area contributed by atoms with Crippen LogP contribution in [-0.4, -0.2) is 18.1 Å². The van der Waals surface area contributed by atoms with Crippen LogP contribution in [0.4, 0.5) is 5.69 Å². The Hall–Kier alpha value is -1.83. The van der Waals surface area contributed by atoms with E-state index in [1.54, 1.807) is 0 Å². The molecule has 1 aromatic heterocycles. The Morgan fingerprint density at radius 2 is 1.67 bits per heavy atom. The van der Waals surface area contributed by atoms with Gasteiger partial charge < -0.3 is 4.90 Å². The minimum absolute atomic E-state index is 1.05. The summed E-state index contributed by atoms with van der Waals surface area (Å²) in [7, 11) is 0. The molecule has 0 unspecified atom stereocenters. The summed E-state index contributed by atoms with van der Waals surface area (Å²) in [6.45, 7) is 4.46. The highest BCUT2D eigenvalue weighted by atomic mass is 15.1. The van der Waals surface area contributed by atoms with Gasteiger partial charge in [0.15, 0.2) is 0 Å². The first kappa shape index (κ1) is 11.3. The third kappa shape index (κ3) is 2.23. The van der Waals surface area contributed by atoms with Crippen LogP contribution in [0.5, 0.6) is 0 Å². The number of anilines is 1. The molecular weight excluding hydrogens is 220 g/mol. The van der Waals surface area contributed by atoms with E-state index in [9.17, 15) is 0 Å². The number of benzene rings is 1. The van der Waals surface area contributed by atoms with Crippen LogP contribution in [0.1, 0.15) is 18.4 Å². The van der Waals surface area contributed by atoms with Crippen molar-refractivity contribution in [1.29, 1.82) is 0 Å². The van der Waals surface area contributed by atoms with Gasteiger partial charge in [-0.1, -0.05) is 18.2 Å². The fraction of sp³-hybridized carbons (Fsp3) is 0.312. The van der Waals surface area contributed by atoms with E-state index in [1.807, 2.05) is 6.20 Å². The van der Waals surface area contributed by atoms with Gasteiger partial charge in [-0.2, -0.15) is 0 Å². The quantitative estimate of drug-likeness (QED) is 0.793. The van der Waals surface area contributed by atoms with Crippen LogP contribution in [0.25, 0.3) is 11.3 Å². The Balaban J connectivity index is 1.84. The van der Waals surface area contributed by atoms with E-state index >= 15 is 0 Å². The molecule has 1 fully saturated rings. The predicted octanol–water partition coefficient (Wildman–Crippen LogP) is 3.66. The second-order valence-electron chi connectivity index (χ2n) is 4.96. The maximum Gasteiger partial charge on any atom is 0.0702 e. The number of hydrogen-bond acceptors (Lipinski definition) is 2. The lowest BCUT2D eigenvalue weighted by atomic mass is 10.1. The number of rotatable bonds is 2. The van der Waals surface area contributed by atoms with Gasteiger partial charge in [-0.05, 0) is 43.5 Å². The molecule has 0 saturated carbocycles. The summed E-state index contributed by atoms with van der Waals surface area (Å²) in [5, 5.41) is 0. The van der Waals surface area contributed by atoms with Crippen LogP contribution in [0.15, 0.2) is 42.6 Å². The lowest BCUT2D eigenvalue weighted by Gasteiger charge is -2.17. The Kier molecular flexibility index (Phi) is 3.01. The molecule has 0 atom stereocenters. The molecular formula is C16H18N2. The van der Waals surface area contributed by atoms with Crippen LogP contribution < -0.4 is 4.90 Å². The Labute approximate surface area is 108 Å². The van der Waals surface area contributed by atoms with Crippen molar-refractivity contribution in [2.45, 2.75) is 19.8 Å². The molecule has 2 nitrogen and oxygen atoms in total. The molecule has 0 amide bonds. The lowest BCUT2D eigenvalue weighted by Crippen LogP contribution is -2.17.